The number of nitrogens with two attached hydrogens (primary N) is 1. The second-order valence-corrected chi connectivity index (χ2v) is 5.77. The summed E-state index contributed by atoms with van der Waals surface area (Å²) in [4.78, 5) is 26.2. The Kier molecular flexibility index (Phi) is 6.76. The van der Waals surface area contributed by atoms with Crippen molar-refractivity contribution < 1.29 is 9.59 Å². The fourth-order valence-corrected chi connectivity index (χ4v) is 3.47. The van der Waals surface area contributed by atoms with Gasteiger partial charge in [0.1, 0.15) is 0 Å². The Morgan fingerprint density at radius 1 is 1.25 bits per heavy atom. The van der Waals surface area contributed by atoms with Gasteiger partial charge in [0.05, 0.1) is 5.92 Å². The van der Waals surface area contributed by atoms with Crippen LogP contribution >= 0.6 is 12.4 Å². The van der Waals surface area contributed by atoms with Gasteiger partial charge in [-0.1, -0.05) is 6.42 Å². The summed E-state index contributed by atoms with van der Waals surface area (Å²) in [5.41, 5.74) is 5.75. The molecule has 3 atom stereocenters. The Morgan fingerprint density at radius 3 is 2.65 bits per heavy atom. The number of hydrogen-bond acceptors (Lipinski definition) is 3. The Labute approximate surface area is 127 Å². The largest absolute Gasteiger partial charge is 0.359 e. The Hall–Kier alpha value is -0.810. The molecule has 0 radical (unpaired) electrons. The van der Waals surface area contributed by atoms with Gasteiger partial charge in [-0.3, -0.25) is 9.59 Å². The maximum absolute atomic E-state index is 12.6. The second-order valence-electron chi connectivity index (χ2n) is 5.77. The van der Waals surface area contributed by atoms with E-state index in [9.17, 15) is 9.59 Å². The van der Waals surface area contributed by atoms with E-state index in [1.54, 1.807) is 7.05 Å². The number of halogens is 1. The van der Waals surface area contributed by atoms with E-state index in [0.717, 1.165) is 38.6 Å². The van der Waals surface area contributed by atoms with Gasteiger partial charge in [0.15, 0.2) is 0 Å². The Morgan fingerprint density at radius 2 is 2.00 bits per heavy atom. The van der Waals surface area contributed by atoms with E-state index >= 15 is 0 Å². The van der Waals surface area contributed by atoms with Crippen molar-refractivity contribution in [3.8, 4) is 0 Å². The summed E-state index contributed by atoms with van der Waals surface area (Å²) in [6, 6.07) is 0. The summed E-state index contributed by atoms with van der Waals surface area (Å²) in [7, 11) is 1.66. The number of amides is 2. The van der Waals surface area contributed by atoms with E-state index in [1.807, 2.05) is 4.90 Å². The van der Waals surface area contributed by atoms with Crippen LogP contribution < -0.4 is 11.1 Å². The normalized spacial score (nSPS) is 29.7. The van der Waals surface area contributed by atoms with Crippen molar-refractivity contribution in [3.05, 3.63) is 0 Å². The Balaban J connectivity index is 0.00000200. The third kappa shape index (κ3) is 3.64. The van der Waals surface area contributed by atoms with Crippen molar-refractivity contribution in [2.45, 2.75) is 32.1 Å². The molecule has 0 spiro atoms. The molecular weight excluding hydrogens is 278 g/mol. The molecule has 1 aliphatic carbocycles. The number of nitrogens with zero attached hydrogens (tertiary/aromatic N) is 1. The van der Waals surface area contributed by atoms with Crippen LogP contribution in [-0.4, -0.2) is 43.4 Å². The van der Waals surface area contributed by atoms with E-state index < -0.39 is 0 Å². The lowest BCUT2D eigenvalue weighted by Gasteiger charge is -2.34. The standard InChI is InChI=1S/C14H25N3O2.ClH/c1-16-13(18)11-5-3-7-17(9-11)14(19)12-6-2-4-10(12)8-15;/h10-12H,2-9,15H2,1H3,(H,16,18);1H/t10-,11?,12-;/m1./s1. The fourth-order valence-electron chi connectivity index (χ4n) is 3.47. The number of likely N-dealkylation sites (tertiary alicyclic amines) is 1. The van der Waals surface area contributed by atoms with Crippen molar-refractivity contribution in [1.29, 1.82) is 0 Å². The third-order valence-electron chi connectivity index (χ3n) is 4.63. The van der Waals surface area contributed by atoms with Gasteiger partial charge in [0.2, 0.25) is 11.8 Å². The maximum atomic E-state index is 12.6. The minimum atomic E-state index is -0.0413. The molecule has 5 nitrogen and oxygen atoms in total. The first-order valence-electron chi connectivity index (χ1n) is 7.37. The fraction of sp³-hybridized carbons (Fsp3) is 0.857. The van der Waals surface area contributed by atoms with Gasteiger partial charge in [-0.15, -0.1) is 12.4 Å². The van der Waals surface area contributed by atoms with Crippen LogP contribution in [0, 0.1) is 17.8 Å². The number of rotatable bonds is 3. The molecule has 0 aromatic rings. The molecule has 3 N–H and O–H groups in total. The smallest absolute Gasteiger partial charge is 0.226 e. The van der Waals surface area contributed by atoms with Gasteiger partial charge >= 0.3 is 0 Å². The van der Waals surface area contributed by atoms with Crippen molar-refractivity contribution in [1.82, 2.24) is 10.2 Å². The van der Waals surface area contributed by atoms with E-state index in [-0.39, 0.29) is 36.1 Å². The number of nitrogens with one attached hydrogen (secondary N) is 1. The van der Waals surface area contributed by atoms with Crippen LogP contribution in [0.1, 0.15) is 32.1 Å². The summed E-state index contributed by atoms with van der Waals surface area (Å²) in [5, 5.41) is 2.69. The quantitative estimate of drug-likeness (QED) is 0.808. The number of carbonyl (C=O) groups excluding carboxylic acids is 2. The average Bonchev–Trinajstić information content (AvgIpc) is 2.94. The summed E-state index contributed by atoms with van der Waals surface area (Å²) in [6.07, 6.45) is 4.94. The first-order chi connectivity index (χ1) is 9.17. The van der Waals surface area contributed by atoms with E-state index in [0.29, 0.717) is 19.0 Å². The SMILES string of the molecule is CNC(=O)C1CCCN(C(=O)[C@@H]2CCC[C@@H]2CN)C1.Cl. The second kappa shape index (κ2) is 7.84. The van der Waals surface area contributed by atoms with E-state index in [4.69, 9.17) is 5.73 Å². The number of piperidine rings is 1. The zero-order valence-electron chi connectivity index (χ0n) is 12.1. The molecule has 1 saturated carbocycles. The van der Waals surface area contributed by atoms with Crippen molar-refractivity contribution in [2.75, 3.05) is 26.7 Å². The molecule has 116 valence electrons. The molecule has 0 aromatic heterocycles. The highest BCUT2D eigenvalue weighted by Crippen LogP contribution is 2.33. The van der Waals surface area contributed by atoms with Gasteiger partial charge < -0.3 is 16.0 Å². The molecule has 1 saturated heterocycles. The maximum Gasteiger partial charge on any atom is 0.226 e. The molecule has 0 bridgehead atoms. The lowest BCUT2D eigenvalue weighted by Crippen LogP contribution is -2.47. The molecule has 1 unspecified atom stereocenters. The van der Waals surface area contributed by atoms with Gasteiger partial charge in [0.25, 0.3) is 0 Å². The highest BCUT2D eigenvalue weighted by atomic mass is 35.5. The summed E-state index contributed by atoms with van der Waals surface area (Å²) in [6.45, 7) is 1.97. The summed E-state index contributed by atoms with van der Waals surface area (Å²) in [5.74, 6) is 0.669. The molecule has 0 aromatic carbocycles. The van der Waals surface area contributed by atoms with Crippen LogP contribution in [0.25, 0.3) is 0 Å². The van der Waals surface area contributed by atoms with Crippen LogP contribution in [0.2, 0.25) is 0 Å². The Bertz CT molecular complexity index is 351. The summed E-state index contributed by atoms with van der Waals surface area (Å²) < 4.78 is 0. The number of hydrogen-bond donors (Lipinski definition) is 2. The lowest BCUT2D eigenvalue weighted by molar-refractivity contribution is -0.140. The highest BCUT2D eigenvalue weighted by molar-refractivity contribution is 5.85. The van der Waals surface area contributed by atoms with Crippen LogP contribution in [-0.2, 0) is 9.59 Å². The van der Waals surface area contributed by atoms with Crippen molar-refractivity contribution in [2.24, 2.45) is 23.5 Å². The first kappa shape index (κ1) is 17.2. The minimum Gasteiger partial charge on any atom is -0.359 e. The molecule has 2 aliphatic rings. The van der Waals surface area contributed by atoms with Gasteiger partial charge in [0, 0.05) is 26.1 Å². The minimum absolute atomic E-state index is 0. The van der Waals surface area contributed by atoms with Crippen LogP contribution in [0.3, 0.4) is 0 Å². The molecule has 2 fully saturated rings. The van der Waals surface area contributed by atoms with Gasteiger partial charge in [-0.05, 0) is 38.1 Å². The molecule has 1 aliphatic heterocycles. The van der Waals surface area contributed by atoms with Crippen LogP contribution in [0.4, 0.5) is 0 Å². The van der Waals surface area contributed by atoms with E-state index in [2.05, 4.69) is 5.32 Å². The average molecular weight is 304 g/mol. The highest BCUT2D eigenvalue weighted by Gasteiger charge is 2.37. The molecule has 6 heteroatoms. The molecule has 2 rings (SSSR count). The van der Waals surface area contributed by atoms with Crippen molar-refractivity contribution in [3.63, 3.8) is 0 Å². The van der Waals surface area contributed by atoms with Crippen molar-refractivity contribution >= 4 is 24.2 Å². The first-order valence-corrected chi connectivity index (χ1v) is 7.37. The zero-order valence-corrected chi connectivity index (χ0v) is 13.0. The number of carbonyl (C=O) groups is 2. The van der Waals surface area contributed by atoms with Crippen LogP contribution in [0.5, 0.6) is 0 Å². The molecule has 2 amide bonds. The lowest BCUT2D eigenvalue weighted by atomic mass is 9.91. The van der Waals surface area contributed by atoms with Gasteiger partial charge in [-0.2, -0.15) is 0 Å². The predicted octanol–water partition coefficient (Wildman–Crippen LogP) is 0.768. The summed E-state index contributed by atoms with van der Waals surface area (Å²) >= 11 is 0. The monoisotopic (exact) mass is 303 g/mol. The molecular formula is C14H26ClN3O2. The molecule has 20 heavy (non-hydrogen) atoms. The third-order valence-corrected chi connectivity index (χ3v) is 4.63. The van der Waals surface area contributed by atoms with Gasteiger partial charge in [-0.25, -0.2) is 0 Å². The zero-order chi connectivity index (χ0) is 13.8. The van der Waals surface area contributed by atoms with Crippen LogP contribution in [0.15, 0.2) is 0 Å². The molecule has 1 heterocycles. The topological polar surface area (TPSA) is 75.4 Å². The van der Waals surface area contributed by atoms with E-state index in [1.165, 1.54) is 0 Å². The predicted molar refractivity (Wildman–Crippen MR) is 80.5 cm³/mol.